The third kappa shape index (κ3) is 2.62. The van der Waals surface area contributed by atoms with Gasteiger partial charge < -0.3 is 0 Å². The van der Waals surface area contributed by atoms with Crippen LogP contribution < -0.4 is 5.30 Å². The van der Waals surface area contributed by atoms with E-state index in [0.717, 1.165) is 11.1 Å². The Morgan fingerprint density at radius 2 is 1.94 bits per heavy atom. The van der Waals surface area contributed by atoms with Crippen molar-refractivity contribution in [3.05, 3.63) is 33.4 Å². The fourth-order valence-corrected chi connectivity index (χ4v) is 2.27. The minimum Gasteiger partial charge on any atom is -0.258 e. The molecule has 0 aromatic heterocycles. The molecule has 86 valence electrons. The summed E-state index contributed by atoms with van der Waals surface area (Å²) in [7, 11) is -2.15. The lowest BCUT2D eigenvalue weighted by atomic mass is 10.1. The van der Waals surface area contributed by atoms with E-state index in [-0.39, 0.29) is 17.6 Å². The van der Waals surface area contributed by atoms with Crippen LogP contribution in [0.15, 0.2) is 12.1 Å². The summed E-state index contributed by atoms with van der Waals surface area (Å²) < 4.78 is 16.6. The van der Waals surface area contributed by atoms with Crippen molar-refractivity contribution in [2.75, 3.05) is 6.61 Å². The Morgan fingerprint density at radius 3 is 2.44 bits per heavy atom. The van der Waals surface area contributed by atoms with Gasteiger partial charge in [-0.3, -0.25) is 10.1 Å². The third-order valence-corrected chi connectivity index (χ3v) is 3.47. The molecular weight excluding hydrogens is 229 g/mol. The first-order chi connectivity index (χ1) is 7.47. The van der Waals surface area contributed by atoms with Gasteiger partial charge in [-0.15, -0.1) is 4.52 Å². The van der Waals surface area contributed by atoms with E-state index >= 15 is 0 Å². The van der Waals surface area contributed by atoms with E-state index in [1.807, 2.05) is 6.92 Å². The van der Waals surface area contributed by atoms with Crippen molar-refractivity contribution in [1.82, 2.24) is 0 Å². The summed E-state index contributed by atoms with van der Waals surface area (Å²) in [5, 5.41) is 11.0. The fraction of sp³-hybridized carbons (Fsp3) is 0.400. The van der Waals surface area contributed by atoms with Crippen LogP contribution in [-0.4, -0.2) is 11.5 Å². The molecule has 1 rings (SSSR count). The van der Waals surface area contributed by atoms with Crippen LogP contribution in [0.4, 0.5) is 5.69 Å². The largest absolute Gasteiger partial charge is 0.556 e. The number of nitrogens with zero attached hydrogens (tertiary/aromatic N) is 1. The van der Waals surface area contributed by atoms with Gasteiger partial charge in [-0.1, -0.05) is 0 Å². The zero-order valence-corrected chi connectivity index (χ0v) is 10.3. The van der Waals surface area contributed by atoms with Crippen molar-refractivity contribution in [2.45, 2.75) is 20.8 Å². The van der Waals surface area contributed by atoms with Crippen LogP contribution in [0.2, 0.25) is 0 Å². The predicted octanol–water partition coefficient (Wildman–Crippen LogP) is 2.62. The maximum Gasteiger partial charge on any atom is 0.556 e. The number of hydrogen-bond acceptors (Lipinski definition) is 4. The van der Waals surface area contributed by atoms with Crippen molar-refractivity contribution in [3.63, 3.8) is 0 Å². The highest BCUT2D eigenvalue weighted by Gasteiger charge is 2.33. The molecule has 0 radical (unpaired) electrons. The third-order valence-electron chi connectivity index (χ3n) is 2.23. The van der Waals surface area contributed by atoms with Crippen molar-refractivity contribution in [2.24, 2.45) is 0 Å². The zero-order valence-electron chi connectivity index (χ0n) is 9.39. The molecule has 1 atom stereocenters. The first kappa shape index (κ1) is 12.7. The Kier molecular flexibility index (Phi) is 4.10. The number of nitro groups is 1. The van der Waals surface area contributed by atoms with Crippen LogP contribution in [0.5, 0.6) is 0 Å². The van der Waals surface area contributed by atoms with Gasteiger partial charge in [0.25, 0.3) is 0 Å². The molecular formula is C10H13NO4P+. The quantitative estimate of drug-likeness (QED) is 0.462. The van der Waals surface area contributed by atoms with Gasteiger partial charge in [0.2, 0.25) is 0 Å². The smallest absolute Gasteiger partial charge is 0.258 e. The molecule has 0 saturated carbocycles. The van der Waals surface area contributed by atoms with E-state index in [9.17, 15) is 14.7 Å². The summed E-state index contributed by atoms with van der Waals surface area (Å²) >= 11 is 0. The second-order valence-electron chi connectivity index (χ2n) is 3.36. The molecule has 0 fully saturated rings. The average molecular weight is 242 g/mol. The SMILES string of the molecule is CCO[P+](=O)c1cc(C)c(C)cc1[N+](=O)[O-]. The minimum absolute atomic E-state index is 0.141. The Balaban J connectivity index is 3.30. The molecule has 16 heavy (non-hydrogen) atoms. The lowest BCUT2D eigenvalue weighted by molar-refractivity contribution is -0.383. The molecule has 0 amide bonds. The van der Waals surface area contributed by atoms with E-state index < -0.39 is 13.0 Å². The molecule has 1 aromatic rings. The minimum atomic E-state index is -2.15. The molecule has 0 heterocycles. The van der Waals surface area contributed by atoms with Crippen molar-refractivity contribution < 1.29 is 14.0 Å². The van der Waals surface area contributed by atoms with Gasteiger partial charge in [0, 0.05) is 12.1 Å². The molecule has 5 nitrogen and oxygen atoms in total. The lowest BCUT2D eigenvalue weighted by Gasteiger charge is -1.99. The first-order valence-electron chi connectivity index (χ1n) is 4.83. The maximum atomic E-state index is 11.7. The summed E-state index contributed by atoms with van der Waals surface area (Å²) in [4.78, 5) is 10.3. The van der Waals surface area contributed by atoms with Crippen LogP contribution in [0.25, 0.3) is 0 Å². The Bertz CT molecular complexity index is 445. The summed E-state index contributed by atoms with van der Waals surface area (Å²) in [5.74, 6) is 0. The van der Waals surface area contributed by atoms with Gasteiger partial charge in [-0.25, -0.2) is 0 Å². The molecule has 1 aromatic carbocycles. The Morgan fingerprint density at radius 1 is 1.38 bits per heavy atom. The first-order valence-corrected chi connectivity index (χ1v) is 6.01. The molecule has 1 unspecified atom stereocenters. The van der Waals surface area contributed by atoms with Gasteiger partial charge in [0.05, 0.1) is 4.92 Å². The van der Waals surface area contributed by atoms with E-state index in [0.29, 0.717) is 0 Å². The molecule has 0 aliphatic heterocycles. The average Bonchev–Trinajstić information content (AvgIpc) is 2.21. The van der Waals surface area contributed by atoms with Gasteiger partial charge in [-0.05, 0) is 36.5 Å². The van der Waals surface area contributed by atoms with Gasteiger partial charge in [-0.2, -0.15) is 0 Å². The normalized spacial score (nSPS) is 11.3. The fourth-order valence-electron chi connectivity index (χ4n) is 1.26. The highest BCUT2D eigenvalue weighted by molar-refractivity contribution is 7.48. The number of hydrogen-bond donors (Lipinski definition) is 0. The van der Waals surface area contributed by atoms with Crippen LogP contribution in [0.1, 0.15) is 18.1 Å². The van der Waals surface area contributed by atoms with Gasteiger partial charge in [0.1, 0.15) is 6.61 Å². The highest BCUT2D eigenvalue weighted by atomic mass is 31.1. The second kappa shape index (κ2) is 5.14. The lowest BCUT2D eigenvalue weighted by Crippen LogP contribution is -2.08. The molecule has 0 saturated heterocycles. The predicted molar refractivity (Wildman–Crippen MR) is 61.4 cm³/mol. The zero-order chi connectivity index (χ0) is 12.3. The Labute approximate surface area is 94.4 Å². The maximum absolute atomic E-state index is 11.7. The van der Waals surface area contributed by atoms with Crippen molar-refractivity contribution >= 4 is 19.0 Å². The standard InChI is InChI=1S/C10H13NO4P/c1-4-15-16(14)10-6-8(3)7(2)5-9(10)11(12)13/h5-6H,4H2,1-3H3/q+1. The number of benzene rings is 1. The van der Waals surface area contributed by atoms with E-state index in [4.69, 9.17) is 4.52 Å². The number of aryl methyl sites for hydroxylation is 2. The molecule has 6 heteroatoms. The van der Waals surface area contributed by atoms with Crippen LogP contribution in [0, 0.1) is 24.0 Å². The summed E-state index contributed by atoms with van der Waals surface area (Å²) in [6.45, 7) is 5.55. The molecule has 0 aliphatic rings. The molecule has 0 bridgehead atoms. The van der Waals surface area contributed by atoms with Crippen molar-refractivity contribution in [3.8, 4) is 0 Å². The summed E-state index contributed by atoms with van der Waals surface area (Å²) in [5.41, 5.74) is 1.52. The van der Waals surface area contributed by atoms with Crippen LogP contribution in [0.3, 0.4) is 0 Å². The topological polar surface area (TPSA) is 69.4 Å². The molecule has 0 spiro atoms. The Hall–Kier alpha value is -1.32. The molecule has 0 aliphatic carbocycles. The van der Waals surface area contributed by atoms with Gasteiger partial charge in [0.15, 0.2) is 0 Å². The highest BCUT2D eigenvalue weighted by Crippen LogP contribution is 2.29. The van der Waals surface area contributed by atoms with Crippen LogP contribution >= 0.6 is 8.03 Å². The summed E-state index contributed by atoms with van der Waals surface area (Å²) in [6.07, 6.45) is 0. The second-order valence-corrected chi connectivity index (χ2v) is 4.61. The van der Waals surface area contributed by atoms with E-state index in [1.165, 1.54) is 6.07 Å². The monoisotopic (exact) mass is 242 g/mol. The molecule has 0 N–H and O–H groups in total. The van der Waals surface area contributed by atoms with Crippen LogP contribution in [-0.2, 0) is 9.09 Å². The van der Waals surface area contributed by atoms with Crippen molar-refractivity contribution in [1.29, 1.82) is 0 Å². The van der Waals surface area contributed by atoms with Gasteiger partial charge >= 0.3 is 19.0 Å². The van der Waals surface area contributed by atoms with E-state index in [2.05, 4.69) is 0 Å². The number of nitro benzene ring substituents is 1. The van der Waals surface area contributed by atoms with E-state index in [1.54, 1.807) is 19.9 Å². The number of rotatable bonds is 4. The summed E-state index contributed by atoms with van der Waals surface area (Å²) in [6, 6.07) is 2.98.